The second kappa shape index (κ2) is 25.4. The second-order valence-electron chi connectivity index (χ2n) is 15.8. The molecule has 3 aromatic rings. The second-order valence-corrected chi connectivity index (χ2v) is 15.8. The van der Waals surface area contributed by atoms with Crippen LogP contribution in [0.3, 0.4) is 0 Å². The van der Waals surface area contributed by atoms with Crippen molar-refractivity contribution >= 4 is 35.8 Å². The van der Waals surface area contributed by atoms with Crippen LogP contribution < -0.4 is 5.32 Å². The number of esters is 5. The van der Waals surface area contributed by atoms with E-state index in [9.17, 15) is 28.8 Å². The van der Waals surface area contributed by atoms with Crippen LogP contribution in [0.4, 0.5) is 0 Å². The number of ether oxygens (including phenoxy) is 12. The molecule has 2 saturated heterocycles. The summed E-state index contributed by atoms with van der Waals surface area (Å²) in [6.07, 6.45) is -12.3. The lowest BCUT2D eigenvalue weighted by molar-refractivity contribution is -0.348. The zero-order chi connectivity index (χ0) is 48.5. The minimum Gasteiger partial charge on any atom is -0.465 e. The van der Waals surface area contributed by atoms with E-state index in [-0.39, 0.29) is 19.8 Å². The van der Waals surface area contributed by atoms with Crippen molar-refractivity contribution in [2.24, 2.45) is 0 Å². The maximum absolute atomic E-state index is 14.3. The Hall–Kier alpha value is -5.80. The number of carbonyl (C=O) groups excluding carboxylic acids is 6. The Kier molecular flexibility index (Phi) is 19.8. The summed E-state index contributed by atoms with van der Waals surface area (Å²) in [5, 5.41) is 2.65. The molecule has 2 heterocycles. The summed E-state index contributed by atoms with van der Waals surface area (Å²) in [4.78, 5) is 77.1. The van der Waals surface area contributed by atoms with E-state index in [1.807, 2.05) is 91.0 Å². The molecule has 0 radical (unpaired) electrons. The molecule has 67 heavy (non-hydrogen) atoms. The fraction of sp³-hybridized carbons (Fsp3) is 0.500. The van der Waals surface area contributed by atoms with Crippen molar-refractivity contribution < 1.29 is 85.6 Å². The molecule has 0 aromatic heterocycles. The predicted molar refractivity (Wildman–Crippen MR) is 232 cm³/mol. The molecule has 0 bridgehead atoms. The van der Waals surface area contributed by atoms with Crippen LogP contribution in [0.2, 0.25) is 0 Å². The number of methoxy groups -OCH3 is 2. The number of benzene rings is 3. The standard InChI is InChI=1S/C48H59NO18/c1-29(50)49-40-37(63-31(3)52)23-48(47(55)57-7,67-43(40)42(65-33(5)54)38(64-32(4)53)27-58-30(2)51)62-28-39-41(59-24-34-17-11-8-12-18-34)44(60-25-35-19-13-9-14-20-35)45(46(56-6)66-39)61-26-36-21-15-10-16-22-36/h8-22,37-46H,23-28H2,1-7H3,(H,49,50)/t37-,38+,39+,40+,41+,42+,43-,44-,45+,46-,48+/m0/s1. The molecule has 11 atom stereocenters. The van der Waals surface area contributed by atoms with Crippen molar-refractivity contribution in [2.45, 2.75) is 128 Å². The fourth-order valence-electron chi connectivity index (χ4n) is 7.83. The van der Waals surface area contributed by atoms with Crippen molar-refractivity contribution in [3.05, 3.63) is 108 Å². The molecule has 0 aliphatic carbocycles. The number of rotatable bonds is 22. The summed E-state index contributed by atoms with van der Waals surface area (Å²) in [7, 11) is 2.49. The topological polar surface area (TPSA) is 225 Å². The number of nitrogens with one attached hydrogen (secondary N) is 1. The minimum absolute atomic E-state index is 0.0667. The third-order valence-electron chi connectivity index (χ3n) is 10.7. The molecule has 2 aliphatic rings. The summed E-state index contributed by atoms with van der Waals surface area (Å²) in [5.41, 5.74) is 2.52. The molecule has 0 spiro atoms. The largest absolute Gasteiger partial charge is 0.465 e. The van der Waals surface area contributed by atoms with Crippen LogP contribution in [0.25, 0.3) is 0 Å². The van der Waals surface area contributed by atoms with Crippen molar-refractivity contribution in [3.63, 3.8) is 0 Å². The van der Waals surface area contributed by atoms with Gasteiger partial charge in [-0.2, -0.15) is 0 Å². The lowest BCUT2D eigenvalue weighted by atomic mass is 9.87. The van der Waals surface area contributed by atoms with Gasteiger partial charge in [-0.25, -0.2) is 4.79 Å². The van der Waals surface area contributed by atoms with Crippen LogP contribution in [0.15, 0.2) is 91.0 Å². The van der Waals surface area contributed by atoms with Crippen LogP contribution >= 0.6 is 0 Å². The van der Waals surface area contributed by atoms with E-state index in [4.69, 9.17) is 56.8 Å². The van der Waals surface area contributed by atoms with E-state index in [0.717, 1.165) is 51.5 Å². The van der Waals surface area contributed by atoms with Gasteiger partial charge in [0.05, 0.1) is 46.0 Å². The van der Waals surface area contributed by atoms with Crippen molar-refractivity contribution in [1.29, 1.82) is 0 Å². The summed E-state index contributed by atoms with van der Waals surface area (Å²) < 4.78 is 72.9. The molecule has 2 fully saturated rings. The SMILES string of the molecule is COC(=O)[C@@]1(OC[C@H]2O[C@H](OC)[C@H](OCc3ccccc3)[C@@H](OCc3ccccc3)[C@@H]2OCc2ccccc2)C[C@H](OC(C)=O)[C@@H](NC(C)=O)[C@@H]([C@H](OC(C)=O)[C@@H](COC(C)=O)OC(C)=O)O1. The average Bonchev–Trinajstić information content (AvgIpc) is 3.30. The van der Waals surface area contributed by atoms with E-state index in [2.05, 4.69) is 5.32 Å². The molecule has 1 N–H and O–H groups in total. The molecule has 0 saturated carbocycles. The Morgan fingerprint density at radius 2 is 1.19 bits per heavy atom. The highest BCUT2D eigenvalue weighted by molar-refractivity contribution is 5.79. The zero-order valence-electron chi connectivity index (χ0n) is 38.5. The zero-order valence-corrected chi connectivity index (χ0v) is 38.5. The van der Waals surface area contributed by atoms with Gasteiger partial charge >= 0.3 is 29.8 Å². The van der Waals surface area contributed by atoms with Gasteiger partial charge in [-0.05, 0) is 16.7 Å². The monoisotopic (exact) mass is 937 g/mol. The van der Waals surface area contributed by atoms with Gasteiger partial charge in [-0.1, -0.05) is 91.0 Å². The van der Waals surface area contributed by atoms with Crippen LogP contribution in [0.5, 0.6) is 0 Å². The number of amides is 1. The summed E-state index contributed by atoms with van der Waals surface area (Å²) in [6.45, 7) is 4.60. The van der Waals surface area contributed by atoms with Gasteiger partial charge in [0.15, 0.2) is 18.5 Å². The molecule has 2 aliphatic heterocycles. The normalized spacial score (nSPS) is 25.7. The Balaban J connectivity index is 1.60. The average molecular weight is 938 g/mol. The molecular formula is C48H59NO18. The Morgan fingerprint density at radius 3 is 1.66 bits per heavy atom. The summed E-state index contributed by atoms with van der Waals surface area (Å²) in [5.74, 6) is -7.79. The van der Waals surface area contributed by atoms with Crippen LogP contribution in [0.1, 0.15) is 57.7 Å². The van der Waals surface area contributed by atoms with Crippen LogP contribution in [-0.4, -0.2) is 130 Å². The van der Waals surface area contributed by atoms with Gasteiger partial charge in [0.1, 0.15) is 43.2 Å². The quantitative estimate of drug-likeness (QED) is 0.112. The van der Waals surface area contributed by atoms with E-state index in [1.165, 1.54) is 14.0 Å². The maximum Gasteiger partial charge on any atom is 0.366 e. The van der Waals surface area contributed by atoms with Gasteiger partial charge in [-0.3, -0.25) is 24.0 Å². The first-order chi connectivity index (χ1) is 32.1. The third kappa shape index (κ3) is 15.1. The fourth-order valence-corrected chi connectivity index (χ4v) is 7.83. The van der Waals surface area contributed by atoms with Gasteiger partial charge in [0, 0.05) is 41.7 Å². The van der Waals surface area contributed by atoms with E-state index >= 15 is 0 Å². The minimum atomic E-state index is -2.55. The van der Waals surface area contributed by atoms with Gasteiger partial charge < -0.3 is 62.2 Å². The van der Waals surface area contributed by atoms with Crippen molar-refractivity contribution in [1.82, 2.24) is 5.32 Å². The highest BCUT2D eigenvalue weighted by Gasteiger charge is 2.60. The van der Waals surface area contributed by atoms with Gasteiger partial charge in [0.2, 0.25) is 5.91 Å². The molecular weight excluding hydrogens is 879 g/mol. The highest BCUT2D eigenvalue weighted by atomic mass is 16.8. The lowest BCUT2D eigenvalue weighted by Gasteiger charge is -2.49. The molecule has 1 amide bonds. The predicted octanol–water partition coefficient (Wildman–Crippen LogP) is 3.65. The lowest BCUT2D eigenvalue weighted by Crippen LogP contribution is -2.70. The molecule has 0 unspecified atom stereocenters. The molecule has 5 rings (SSSR count). The van der Waals surface area contributed by atoms with E-state index in [0.29, 0.717) is 0 Å². The van der Waals surface area contributed by atoms with E-state index in [1.54, 1.807) is 0 Å². The van der Waals surface area contributed by atoms with Gasteiger partial charge in [-0.15, -0.1) is 0 Å². The van der Waals surface area contributed by atoms with Crippen LogP contribution in [0, 0.1) is 0 Å². The summed E-state index contributed by atoms with van der Waals surface area (Å²) in [6, 6.07) is 26.9. The molecule has 19 nitrogen and oxygen atoms in total. The van der Waals surface area contributed by atoms with Crippen molar-refractivity contribution in [2.75, 3.05) is 27.4 Å². The number of carbonyl (C=O) groups is 6. The first kappa shape index (κ1) is 52.2. The Bertz CT molecular complexity index is 2070. The number of hydrogen-bond donors (Lipinski definition) is 1. The third-order valence-corrected chi connectivity index (χ3v) is 10.7. The van der Waals surface area contributed by atoms with E-state index < -0.39 is 122 Å². The molecule has 19 heteroatoms. The maximum atomic E-state index is 14.3. The highest BCUT2D eigenvalue weighted by Crippen LogP contribution is 2.39. The van der Waals surface area contributed by atoms with Gasteiger partial charge in [0.25, 0.3) is 5.79 Å². The Labute approximate surface area is 388 Å². The van der Waals surface area contributed by atoms with Crippen LogP contribution in [-0.2, 0) is 105 Å². The molecule has 3 aromatic carbocycles. The first-order valence-electron chi connectivity index (χ1n) is 21.6. The molecule has 364 valence electrons. The summed E-state index contributed by atoms with van der Waals surface area (Å²) >= 11 is 0. The first-order valence-corrected chi connectivity index (χ1v) is 21.6. The smallest absolute Gasteiger partial charge is 0.366 e. The van der Waals surface area contributed by atoms with Crippen molar-refractivity contribution in [3.8, 4) is 0 Å². The number of hydrogen-bond acceptors (Lipinski definition) is 18. The Morgan fingerprint density at radius 1 is 0.672 bits per heavy atom.